The van der Waals surface area contributed by atoms with E-state index < -0.39 is 0 Å². The van der Waals surface area contributed by atoms with Gasteiger partial charge in [0.2, 0.25) is 0 Å². The third kappa shape index (κ3) is 6.14. The summed E-state index contributed by atoms with van der Waals surface area (Å²) >= 11 is 0. The zero-order valence-corrected chi connectivity index (χ0v) is 16.0. The van der Waals surface area contributed by atoms with Gasteiger partial charge in [-0.2, -0.15) is 17.7 Å². The molecule has 0 amide bonds. The van der Waals surface area contributed by atoms with Crippen LogP contribution in [0.15, 0.2) is 115 Å². The minimum Gasteiger partial charge on any atom is -0.748 e. The zero-order valence-electron chi connectivity index (χ0n) is 14.0. The molecular formula is C23H21FeP-6. The molecule has 0 aliphatic carbocycles. The van der Waals surface area contributed by atoms with Crippen LogP contribution in [0.25, 0.3) is 0 Å². The van der Waals surface area contributed by atoms with Gasteiger partial charge in [0.1, 0.15) is 0 Å². The normalized spacial score (nSPS) is 9.80. The van der Waals surface area contributed by atoms with Crippen molar-refractivity contribution in [3.63, 3.8) is 0 Å². The molecule has 0 nitrogen and oxygen atoms in total. The topological polar surface area (TPSA) is 0 Å². The third-order valence-electron chi connectivity index (χ3n) is 3.76. The van der Waals surface area contributed by atoms with Crippen LogP contribution in [0, 0.1) is 0 Å². The van der Waals surface area contributed by atoms with Crippen molar-refractivity contribution in [2.45, 2.75) is 6.16 Å². The molecule has 0 fully saturated rings. The van der Waals surface area contributed by atoms with Crippen LogP contribution in [0.2, 0.25) is 0 Å². The van der Waals surface area contributed by atoms with Crippen LogP contribution in [-0.2, 0) is 23.2 Å². The number of benzene rings is 2. The Kier molecular flexibility index (Phi) is 8.43. The average molecular weight is 384 g/mol. The average Bonchev–Trinajstić information content (AvgIpc) is 3.38. The third-order valence-corrected chi connectivity index (χ3v) is 6.29. The van der Waals surface area contributed by atoms with Gasteiger partial charge in [0, 0.05) is 17.1 Å². The van der Waals surface area contributed by atoms with Gasteiger partial charge in [-0.1, -0.05) is 68.6 Å². The van der Waals surface area contributed by atoms with Crippen molar-refractivity contribution in [3.8, 4) is 0 Å². The molecule has 0 aromatic heterocycles. The largest absolute Gasteiger partial charge is 0.748 e. The van der Waals surface area contributed by atoms with Crippen LogP contribution in [0.5, 0.6) is 0 Å². The predicted octanol–water partition coefficient (Wildman–Crippen LogP) is 5.44. The van der Waals surface area contributed by atoms with Crippen molar-refractivity contribution in [2.24, 2.45) is 0 Å². The first kappa shape index (κ1) is 19.4. The minimum atomic E-state index is -0.301. The van der Waals surface area contributed by atoms with Crippen LogP contribution in [0.4, 0.5) is 0 Å². The number of rotatable bonds is 4. The van der Waals surface area contributed by atoms with Gasteiger partial charge in [-0.25, -0.2) is 12.1 Å². The quantitative estimate of drug-likeness (QED) is 0.250. The minimum absolute atomic E-state index is 0. The molecule has 0 aliphatic rings. The summed E-state index contributed by atoms with van der Waals surface area (Å²) < 4.78 is 0. The van der Waals surface area contributed by atoms with Crippen molar-refractivity contribution in [1.29, 1.82) is 0 Å². The summed E-state index contributed by atoms with van der Waals surface area (Å²) in [5.41, 5.74) is 1.43. The first-order chi connectivity index (χ1) is 11.9. The van der Waals surface area contributed by atoms with E-state index in [1.165, 1.54) is 16.2 Å². The van der Waals surface area contributed by atoms with Crippen molar-refractivity contribution in [3.05, 3.63) is 121 Å². The molecule has 2 heteroatoms. The van der Waals surface area contributed by atoms with Crippen LogP contribution < -0.4 is 10.6 Å². The Labute approximate surface area is 162 Å². The first-order valence-electron chi connectivity index (χ1n) is 8.18. The van der Waals surface area contributed by atoms with Crippen molar-refractivity contribution in [1.82, 2.24) is 0 Å². The second-order valence-corrected chi connectivity index (χ2v) is 7.72. The second kappa shape index (κ2) is 10.9. The Balaban J connectivity index is 0.000000325. The summed E-state index contributed by atoms with van der Waals surface area (Å²) in [6.07, 6.45) is 1.12. The fourth-order valence-electron chi connectivity index (χ4n) is 2.57. The van der Waals surface area contributed by atoms with E-state index in [1.807, 2.05) is 30.3 Å². The Morgan fingerprint density at radius 3 is 1.40 bits per heavy atom. The number of hydrogen-bond acceptors (Lipinski definition) is 0. The van der Waals surface area contributed by atoms with Gasteiger partial charge >= 0.3 is 0 Å². The Morgan fingerprint density at radius 1 is 0.600 bits per heavy atom. The second-order valence-electron chi connectivity index (χ2n) is 5.51. The molecule has 0 aliphatic heterocycles. The zero-order chi connectivity index (χ0) is 16.5. The maximum Gasteiger partial charge on any atom is 0 e. The van der Waals surface area contributed by atoms with Crippen molar-refractivity contribution < 1.29 is 17.1 Å². The maximum absolute atomic E-state index is 2.25. The van der Waals surface area contributed by atoms with Crippen molar-refractivity contribution >= 4 is 18.5 Å². The molecule has 0 radical (unpaired) electrons. The summed E-state index contributed by atoms with van der Waals surface area (Å²) in [4.78, 5) is 0. The van der Waals surface area contributed by atoms with Gasteiger partial charge in [-0.15, -0.1) is 0 Å². The SMILES string of the molecule is [Fe].[cH-]1[cH-][cH-][cH-][cH-]1.c1ccc(P(C[c-]2cccc2)c2ccccc2)cc1. The van der Waals surface area contributed by atoms with Crippen molar-refractivity contribution in [2.75, 3.05) is 0 Å². The fraction of sp³-hybridized carbons (Fsp3) is 0.0435. The fourth-order valence-corrected chi connectivity index (χ4v) is 4.87. The van der Waals surface area contributed by atoms with E-state index in [1.54, 1.807) is 0 Å². The van der Waals surface area contributed by atoms with E-state index in [-0.39, 0.29) is 25.0 Å². The molecule has 0 spiro atoms. The molecular weight excluding hydrogens is 363 g/mol. The molecule has 0 heterocycles. The molecule has 132 valence electrons. The summed E-state index contributed by atoms with van der Waals surface area (Å²) in [6.45, 7) is 0. The van der Waals surface area contributed by atoms with Crippen LogP contribution in [-0.4, -0.2) is 0 Å². The molecule has 0 saturated heterocycles. The standard InChI is InChI=1S/C18H16P.C5H5.Fe/c1-3-11-17(12-4-1)19(15-16-9-7-8-10-16)18-13-5-2-6-14-18;1-2-4-5-3-1;/h1-14H,15H2;1-5H;/q-1;-5;. The van der Waals surface area contributed by atoms with Gasteiger partial charge in [0.15, 0.2) is 0 Å². The summed E-state index contributed by atoms with van der Waals surface area (Å²) in [5, 5.41) is 2.90. The van der Waals surface area contributed by atoms with E-state index in [4.69, 9.17) is 0 Å². The monoisotopic (exact) mass is 384 g/mol. The smallest absolute Gasteiger partial charge is 0 e. The van der Waals surface area contributed by atoms with Crippen LogP contribution in [0.1, 0.15) is 5.56 Å². The molecule has 0 N–H and O–H groups in total. The maximum atomic E-state index is 2.25. The van der Waals surface area contributed by atoms with Gasteiger partial charge in [-0.05, 0) is 16.8 Å². The van der Waals surface area contributed by atoms with Gasteiger partial charge in [0.25, 0.3) is 0 Å². The molecule has 0 unspecified atom stereocenters. The Morgan fingerprint density at radius 2 is 1.00 bits per heavy atom. The molecule has 0 saturated carbocycles. The molecule has 4 aromatic rings. The van der Waals surface area contributed by atoms with E-state index in [2.05, 4.69) is 84.9 Å². The van der Waals surface area contributed by atoms with E-state index >= 15 is 0 Å². The van der Waals surface area contributed by atoms with E-state index in [9.17, 15) is 0 Å². The van der Waals surface area contributed by atoms with Crippen LogP contribution >= 0.6 is 7.92 Å². The molecule has 25 heavy (non-hydrogen) atoms. The summed E-state index contributed by atoms with van der Waals surface area (Å²) in [7, 11) is -0.301. The van der Waals surface area contributed by atoms with E-state index in [0.29, 0.717) is 0 Å². The van der Waals surface area contributed by atoms with E-state index in [0.717, 1.165) is 6.16 Å². The Bertz CT molecular complexity index is 718. The Hall–Kier alpha value is -1.91. The molecule has 0 bridgehead atoms. The summed E-state index contributed by atoms with van der Waals surface area (Å²) in [6, 6.07) is 40.4. The molecule has 4 aromatic carbocycles. The van der Waals surface area contributed by atoms with Gasteiger partial charge in [0.05, 0.1) is 0 Å². The predicted molar refractivity (Wildman–Crippen MR) is 107 cm³/mol. The molecule has 4 rings (SSSR count). The summed E-state index contributed by atoms with van der Waals surface area (Å²) in [5.74, 6) is 0. The van der Waals surface area contributed by atoms with Crippen LogP contribution in [0.3, 0.4) is 0 Å². The number of hydrogen-bond donors (Lipinski definition) is 0. The molecule has 0 atom stereocenters. The van der Waals surface area contributed by atoms with Gasteiger partial charge in [-0.3, -0.25) is 0 Å². The van der Waals surface area contributed by atoms with Gasteiger partial charge < -0.3 is 30.3 Å². The first-order valence-corrected chi connectivity index (χ1v) is 9.71.